The summed E-state index contributed by atoms with van der Waals surface area (Å²) in [6.45, 7) is 8.35. The van der Waals surface area contributed by atoms with Crippen LogP contribution in [0.2, 0.25) is 0 Å². The molecule has 0 unspecified atom stereocenters. The van der Waals surface area contributed by atoms with Gasteiger partial charge in [-0.05, 0) is 104 Å². The van der Waals surface area contributed by atoms with Gasteiger partial charge in [0.15, 0.2) is 0 Å². The molecule has 1 aliphatic carbocycles. The number of piperidine rings is 1. The quantitative estimate of drug-likeness (QED) is 0.199. The second kappa shape index (κ2) is 14.9. The van der Waals surface area contributed by atoms with Gasteiger partial charge < -0.3 is 19.7 Å². The molecule has 1 saturated carbocycles. The number of nitro benzene ring substituents is 1. The summed E-state index contributed by atoms with van der Waals surface area (Å²) in [5, 5.41) is 14.9. The zero-order chi connectivity index (χ0) is 35.6. The average molecular weight is 718 g/mol. The number of carbonyl (C=O) groups excluding carboxylic acids is 1. The van der Waals surface area contributed by atoms with Crippen LogP contribution in [0.5, 0.6) is 0 Å². The second-order valence-electron chi connectivity index (χ2n) is 14.6. The zero-order valence-electron chi connectivity index (χ0n) is 29.1. The Kier molecular flexibility index (Phi) is 10.3. The van der Waals surface area contributed by atoms with E-state index in [1.54, 1.807) is 12.1 Å². The van der Waals surface area contributed by atoms with E-state index in [1.807, 2.05) is 12.1 Å². The highest BCUT2D eigenvalue weighted by atomic mass is 32.2. The monoisotopic (exact) mass is 717 g/mol. The smallest absolute Gasteiger partial charge is 0.293 e. The predicted molar refractivity (Wildman–Crippen MR) is 195 cm³/mol. The molecule has 13 heteroatoms. The molecule has 4 fully saturated rings. The molecule has 3 aromatic carbocycles. The van der Waals surface area contributed by atoms with Gasteiger partial charge in [-0.2, -0.15) is 0 Å². The number of rotatable bonds is 10. The summed E-state index contributed by atoms with van der Waals surface area (Å²) in [5.41, 5.74) is 4.10. The zero-order valence-corrected chi connectivity index (χ0v) is 29.9. The van der Waals surface area contributed by atoms with Crippen molar-refractivity contribution in [1.29, 1.82) is 0 Å². The molecule has 1 atom stereocenters. The number of hydrogen-bond acceptors (Lipinski definition) is 10. The van der Waals surface area contributed by atoms with Crippen LogP contribution >= 0.6 is 0 Å². The first kappa shape index (κ1) is 35.4. The normalized spacial score (nSPS) is 21.6. The lowest BCUT2D eigenvalue weighted by atomic mass is 9.59. The molecule has 0 radical (unpaired) electrons. The van der Waals surface area contributed by atoms with Crippen LogP contribution < -0.4 is 14.9 Å². The van der Waals surface area contributed by atoms with E-state index in [9.17, 15) is 23.3 Å². The summed E-state index contributed by atoms with van der Waals surface area (Å²) in [5.74, 6) is -0.482. The van der Waals surface area contributed by atoms with Crippen molar-refractivity contribution in [3.8, 4) is 0 Å². The minimum atomic E-state index is -4.36. The molecule has 12 nitrogen and oxygen atoms in total. The van der Waals surface area contributed by atoms with Crippen LogP contribution in [0.1, 0.15) is 66.1 Å². The molecule has 3 aromatic rings. The Morgan fingerprint density at radius 2 is 1.69 bits per heavy atom. The molecule has 272 valence electrons. The van der Waals surface area contributed by atoms with Crippen molar-refractivity contribution >= 4 is 33.0 Å². The number of morpholine rings is 1. The van der Waals surface area contributed by atoms with E-state index in [0.29, 0.717) is 43.2 Å². The first-order chi connectivity index (χ1) is 24.6. The Hall–Kier alpha value is -4.04. The lowest BCUT2D eigenvalue weighted by Gasteiger charge is -2.57. The lowest BCUT2D eigenvalue weighted by Crippen LogP contribution is -2.57. The molecule has 3 heterocycles. The fourth-order valence-electron chi connectivity index (χ4n) is 8.35. The Morgan fingerprint density at radius 3 is 2.39 bits per heavy atom. The SMILES string of the molecule is Cc1ccccc1[C@@H]1COCCN1C1CC2(CCN(c3ccc(C(=O)NS(=O)(=O)c4ccc(NCC5CCOCC5)c([N+](=O)[O-])c4)cc3)CC2)C1. The number of nitrogens with zero attached hydrogens (tertiary/aromatic N) is 3. The number of hydrogen-bond donors (Lipinski definition) is 2. The summed E-state index contributed by atoms with van der Waals surface area (Å²) in [4.78, 5) is 28.9. The summed E-state index contributed by atoms with van der Waals surface area (Å²) >= 11 is 0. The third kappa shape index (κ3) is 7.76. The lowest BCUT2D eigenvalue weighted by molar-refractivity contribution is -0.384. The van der Waals surface area contributed by atoms with Crippen LogP contribution in [0.3, 0.4) is 0 Å². The molecular formula is C38H47N5O7S. The van der Waals surface area contributed by atoms with E-state index in [2.05, 4.69) is 51.0 Å². The standard InChI is InChI=1S/C38H47N5O7S/c1-27-4-2-3-5-33(27)36-26-50-21-18-42(36)31-23-38(24-31)14-16-41(17-15-38)30-8-6-29(7-9-30)37(44)40-51(47,48)32-10-11-34(35(22-32)43(45)46)39-25-28-12-19-49-20-13-28/h2-11,22,28,31,36,39H,12-21,23-26H2,1H3,(H,40,44)/t36-/m0/s1. The number of ether oxygens (including phenoxy) is 2. The summed E-state index contributed by atoms with van der Waals surface area (Å²) in [6.07, 6.45) is 6.33. The van der Waals surface area contributed by atoms with Crippen LogP contribution in [0.4, 0.5) is 17.1 Å². The molecule has 3 saturated heterocycles. The van der Waals surface area contributed by atoms with Gasteiger partial charge in [-0.25, -0.2) is 13.1 Å². The molecule has 7 rings (SSSR count). The highest BCUT2D eigenvalue weighted by molar-refractivity contribution is 7.90. The predicted octanol–water partition coefficient (Wildman–Crippen LogP) is 5.68. The second-order valence-corrected chi connectivity index (χ2v) is 16.3. The topological polar surface area (TPSA) is 143 Å². The van der Waals surface area contributed by atoms with E-state index in [1.165, 1.54) is 36.1 Å². The molecule has 4 aliphatic rings. The minimum Gasteiger partial charge on any atom is -0.381 e. The Bertz CT molecular complexity index is 1830. The van der Waals surface area contributed by atoms with Crippen molar-refractivity contribution in [1.82, 2.24) is 9.62 Å². The van der Waals surface area contributed by atoms with Gasteiger partial charge >= 0.3 is 0 Å². The van der Waals surface area contributed by atoms with Crippen molar-refractivity contribution in [2.45, 2.75) is 62.4 Å². The van der Waals surface area contributed by atoms with E-state index in [4.69, 9.17) is 9.47 Å². The highest BCUT2D eigenvalue weighted by Gasteiger charge is 2.49. The summed E-state index contributed by atoms with van der Waals surface area (Å²) in [6, 6.07) is 20.1. The third-order valence-electron chi connectivity index (χ3n) is 11.5. The van der Waals surface area contributed by atoms with Gasteiger partial charge in [0.2, 0.25) is 0 Å². The van der Waals surface area contributed by atoms with Crippen LogP contribution in [0.15, 0.2) is 71.6 Å². The maximum atomic E-state index is 13.1. The van der Waals surface area contributed by atoms with Gasteiger partial charge in [-0.1, -0.05) is 24.3 Å². The van der Waals surface area contributed by atoms with Crippen molar-refractivity contribution in [3.05, 3.63) is 93.5 Å². The fraction of sp³-hybridized carbons (Fsp3) is 0.500. The van der Waals surface area contributed by atoms with Gasteiger partial charge in [0.1, 0.15) is 5.69 Å². The molecular weight excluding hydrogens is 671 g/mol. The molecule has 1 amide bonds. The number of nitrogens with one attached hydrogen (secondary N) is 2. The van der Waals surface area contributed by atoms with E-state index in [0.717, 1.165) is 70.3 Å². The van der Waals surface area contributed by atoms with E-state index < -0.39 is 20.9 Å². The van der Waals surface area contributed by atoms with Crippen molar-refractivity contribution < 1.29 is 27.6 Å². The van der Waals surface area contributed by atoms with Crippen LogP contribution in [0.25, 0.3) is 0 Å². The Balaban J connectivity index is 0.925. The largest absolute Gasteiger partial charge is 0.381 e. The summed E-state index contributed by atoms with van der Waals surface area (Å²) < 4.78 is 39.6. The number of anilines is 2. The first-order valence-corrected chi connectivity index (χ1v) is 19.5. The number of benzene rings is 3. The van der Waals surface area contributed by atoms with Gasteiger partial charge in [-0.3, -0.25) is 19.8 Å². The number of aryl methyl sites for hydroxylation is 1. The van der Waals surface area contributed by atoms with Crippen LogP contribution in [-0.4, -0.2) is 82.8 Å². The Labute approximate surface area is 299 Å². The maximum Gasteiger partial charge on any atom is 0.293 e. The van der Waals surface area contributed by atoms with Crippen LogP contribution in [0, 0.1) is 28.4 Å². The van der Waals surface area contributed by atoms with Gasteiger partial charge in [0.05, 0.1) is 29.1 Å². The van der Waals surface area contributed by atoms with Gasteiger partial charge in [-0.15, -0.1) is 0 Å². The minimum absolute atomic E-state index is 0.190. The maximum absolute atomic E-state index is 13.1. The Morgan fingerprint density at radius 1 is 0.961 bits per heavy atom. The van der Waals surface area contributed by atoms with E-state index in [-0.39, 0.29) is 21.8 Å². The summed E-state index contributed by atoms with van der Waals surface area (Å²) in [7, 11) is -4.36. The van der Waals surface area contributed by atoms with Crippen LogP contribution in [-0.2, 0) is 19.5 Å². The number of sulfonamides is 1. The number of carbonyl (C=O) groups is 1. The van der Waals surface area contributed by atoms with Crippen molar-refractivity contribution in [3.63, 3.8) is 0 Å². The molecule has 1 spiro atoms. The highest BCUT2D eigenvalue weighted by Crippen LogP contribution is 2.53. The van der Waals surface area contributed by atoms with Gasteiger partial charge in [0, 0.05) is 62.8 Å². The molecule has 2 N–H and O–H groups in total. The van der Waals surface area contributed by atoms with Crippen molar-refractivity contribution in [2.24, 2.45) is 11.3 Å². The van der Waals surface area contributed by atoms with Crippen molar-refractivity contribution in [2.75, 3.05) is 62.8 Å². The van der Waals surface area contributed by atoms with E-state index >= 15 is 0 Å². The first-order valence-electron chi connectivity index (χ1n) is 18.0. The molecule has 51 heavy (non-hydrogen) atoms. The van der Waals surface area contributed by atoms with Gasteiger partial charge in [0.25, 0.3) is 21.6 Å². The number of nitro groups is 1. The molecule has 0 aromatic heterocycles. The third-order valence-corrected chi connectivity index (χ3v) is 12.8. The fourth-order valence-corrected chi connectivity index (χ4v) is 9.35. The number of amides is 1. The molecule has 0 bridgehead atoms. The average Bonchev–Trinajstić information content (AvgIpc) is 3.13. The molecule has 3 aliphatic heterocycles.